The molecule has 21 heavy (non-hydrogen) atoms. The zero-order valence-corrected chi connectivity index (χ0v) is 14.3. The normalized spacial score (nSPS) is 32.3. The van der Waals surface area contributed by atoms with Gasteiger partial charge in [0.05, 0.1) is 0 Å². The number of hydrogen-bond donors (Lipinski definition) is 2. The molecule has 1 atom stereocenters. The maximum atomic E-state index is 11.8. The molecule has 0 radical (unpaired) electrons. The number of carbonyl (C=O) groups excluding carboxylic acids is 1. The van der Waals surface area contributed by atoms with Crippen molar-refractivity contribution in [1.29, 1.82) is 0 Å². The second-order valence-electron chi connectivity index (χ2n) is 8.25. The molecule has 1 amide bonds. The van der Waals surface area contributed by atoms with Gasteiger partial charge in [-0.1, -0.05) is 13.8 Å². The van der Waals surface area contributed by atoms with Crippen molar-refractivity contribution in [2.24, 2.45) is 11.3 Å². The van der Waals surface area contributed by atoms with E-state index in [2.05, 4.69) is 24.5 Å². The third kappa shape index (κ3) is 4.87. The summed E-state index contributed by atoms with van der Waals surface area (Å²) in [6.45, 7) is 11.3. The molecule has 0 aliphatic heterocycles. The first-order valence-electron chi connectivity index (χ1n) is 8.43. The van der Waals surface area contributed by atoms with Crippen LogP contribution in [0.2, 0.25) is 0 Å². The predicted molar refractivity (Wildman–Crippen MR) is 85.3 cm³/mol. The monoisotopic (exact) mass is 296 g/mol. The lowest BCUT2D eigenvalue weighted by molar-refractivity contribution is 0.0483. The Hall–Kier alpha value is -0.770. The minimum Gasteiger partial charge on any atom is -0.444 e. The SMILES string of the molecule is CC(C)NCC1CC12CCC(NC(=O)OC(C)(C)C)CC2. The highest BCUT2D eigenvalue weighted by atomic mass is 16.6. The van der Waals surface area contributed by atoms with Gasteiger partial charge in [-0.25, -0.2) is 4.79 Å². The van der Waals surface area contributed by atoms with Crippen LogP contribution >= 0.6 is 0 Å². The lowest BCUT2D eigenvalue weighted by Gasteiger charge is -2.31. The number of alkyl carbamates (subject to hydrolysis) is 1. The zero-order valence-electron chi connectivity index (χ0n) is 14.3. The van der Waals surface area contributed by atoms with Gasteiger partial charge >= 0.3 is 6.09 Å². The van der Waals surface area contributed by atoms with E-state index in [-0.39, 0.29) is 6.09 Å². The number of nitrogens with one attached hydrogen (secondary N) is 2. The molecule has 2 fully saturated rings. The quantitative estimate of drug-likeness (QED) is 0.835. The molecular weight excluding hydrogens is 264 g/mol. The molecule has 0 aromatic heterocycles. The average Bonchev–Trinajstić information content (AvgIpc) is 3.01. The van der Waals surface area contributed by atoms with Crippen LogP contribution in [-0.2, 0) is 4.74 Å². The van der Waals surface area contributed by atoms with E-state index in [4.69, 9.17) is 4.74 Å². The maximum Gasteiger partial charge on any atom is 0.407 e. The smallest absolute Gasteiger partial charge is 0.407 e. The van der Waals surface area contributed by atoms with Crippen LogP contribution in [0.1, 0.15) is 66.7 Å². The standard InChI is InChI=1S/C17H32N2O2/c1-12(2)18-11-13-10-17(13)8-6-14(7-9-17)19-15(20)21-16(3,4)5/h12-14,18H,6-11H2,1-5H3,(H,19,20). The Balaban J connectivity index is 1.69. The van der Waals surface area contributed by atoms with Crippen LogP contribution < -0.4 is 10.6 Å². The summed E-state index contributed by atoms with van der Waals surface area (Å²) in [6.07, 6.45) is 5.79. The van der Waals surface area contributed by atoms with Gasteiger partial charge in [0.25, 0.3) is 0 Å². The van der Waals surface area contributed by atoms with Crippen LogP contribution in [0.15, 0.2) is 0 Å². The predicted octanol–water partition coefficient (Wildman–Crippen LogP) is 3.46. The lowest BCUT2D eigenvalue weighted by Crippen LogP contribution is -2.41. The molecule has 0 saturated heterocycles. The topological polar surface area (TPSA) is 50.4 Å². The summed E-state index contributed by atoms with van der Waals surface area (Å²) in [5.74, 6) is 0.849. The van der Waals surface area contributed by atoms with Crippen LogP contribution in [0.25, 0.3) is 0 Å². The minimum absolute atomic E-state index is 0.266. The highest BCUT2D eigenvalue weighted by Gasteiger charge is 2.54. The molecule has 2 saturated carbocycles. The fraction of sp³-hybridized carbons (Fsp3) is 0.941. The number of ether oxygens (including phenoxy) is 1. The van der Waals surface area contributed by atoms with Crippen molar-refractivity contribution >= 4 is 6.09 Å². The van der Waals surface area contributed by atoms with Crippen LogP contribution in [0.4, 0.5) is 4.79 Å². The largest absolute Gasteiger partial charge is 0.444 e. The first-order chi connectivity index (χ1) is 9.70. The van der Waals surface area contributed by atoms with E-state index in [0.29, 0.717) is 17.5 Å². The van der Waals surface area contributed by atoms with Gasteiger partial charge in [-0.3, -0.25) is 0 Å². The molecule has 1 spiro atoms. The second kappa shape index (κ2) is 6.15. The fourth-order valence-electron chi connectivity index (χ4n) is 3.52. The Morgan fingerprint density at radius 3 is 2.43 bits per heavy atom. The molecule has 2 aliphatic carbocycles. The van der Waals surface area contributed by atoms with Crippen LogP contribution in [-0.4, -0.2) is 30.3 Å². The fourth-order valence-corrected chi connectivity index (χ4v) is 3.52. The minimum atomic E-state index is -0.413. The van der Waals surface area contributed by atoms with Gasteiger partial charge in [0, 0.05) is 12.1 Å². The Labute approximate surface area is 129 Å². The lowest BCUT2D eigenvalue weighted by atomic mass is 9.81. The van der Waals surface area contributed by atoms with E-state index < -0.39 is 5.60 Å². The summed E-state index contributed by atoms with van der Waals surface area (Å²) >= 11 is 0. The molecule has 0 bridgehead atoms. The number of hydrogen-bond acceptors (Lipinski definition) is 3. The first kappa shape index (κ1) is 16.6. The second-order valence-corrected chi connectivity index (χ2v) is 8.25. The Morgan fingerprint density at radius 1 is 1.29 bits per heavy atom. The van der Waals surface area contributed by atoms with Gasteiger partial charge in [-0.15, -0.1) is 0 Å². The van der Waals surface area contributed by atoms with E-state index in [1.54, 1.807) is 0 Å². The summed E-state index contributed by atoms with van der Waals surface area (Å²) in [7, 11) is 0. The summed E-state index contributed by atoms with van der Waals surface area (Å²) in [4.78, 5) is 11.8. The highest BCUT2D eigenvalue weighted by molar-refractivity contribution is 5.68. The van der Waals surface area contributed by atoms with Crippen molar-refractivity contribution in [3.63, 3.8) is 0 Å². The van der Waals surface area contributed by atoms with Gasteiger partial charge in [-0.05, 0) is 70.8 Å². The van der Waals surface area contributed by atoms with Crippen molar-refractivity contribution in [2.75, 3.05) is 6.54 Å². The third-order valence-corrected chi connectivity index (χ3v) is 4.83. The van der Waals surface area contributed by atoms with Gasteiger partial charge in [-0.2, -0.15) is 0 Å². The first-order valence-corrected chi connectivity index (χ1v) is 8.43. The van der Waals surface area contributed by atoms with Crippen molar-refractivity contribution < 1.29 is 9.53 Å². The number of carbonyl (C=O) groups is 1. The molecule has 0 aromatic carbocycles. The van der Waals surface area contributed by atoms with E-state index >= 15 is 0 Å². The van der Waals surface area contributed by atoms with Crippen molar-refractivity contribution in [1.82, 2.24) is 10.6 Å². The molecule has 0 heterocycles. The molecule has 2 aliphatic rings. The maximum absolute atomic E-state index is 11.8. The van der Waals surface area contributed by atoms with Gasteiger partial charge in [0.2, 0.25) is 0 Å². The summed E-state index contributed by atoms with van der Waals surface area (Å²) < 4.78 is 5.33. The Morgan fingerprint density at radius 2 is 1.90 bits per heavy atom. The molecule has 1 unspecified atom stereocenters. The van der Waals surface area contributed by atoms with Gasteiger partial charge in [0.1, 0.15) is 5.60 Å². The van der Waals surface area contributed by atoms with Crippen molar-refractivity contribution in [3.05, 3.63) is 0 Å². The molecule has 2 N–H and O–H groups in total. The van der Waals surface area contributed by atoms with E-state index in [9.17, 15) is 4.79 Å². The summed E-state index contributed by atoms with van der Waals surface area (Å²) in [6, 6.07) is 0.873. The number of rotatable bonds is 4. The van der Waals surface area contributed by atoms with Gasteiger partial charge in [0.15, 0.2) is 0 Å². The van der Waals surface area contributed by atoms with Crippen molar-refractivity contribution in [2.45, 2.75) is 84.4 Å². The Bertz CT molecular complexity index is 365. The molecule has 4 heteroatoms. The summed E-state index contributed by atoms with van der Waals surface area (Å²) in [5.41, 5.74) is 0.165. The van der Waals surface area contributed by atoms with E-state index in [1.807, 2.05) is 20.8 Å². The number of amides is 1. The molecule has 0 aromatic rings. The van der Waals surface area contributed by atoms with Gasteiger partial charge < -0.3 is 15.4 Å². The van der Waals surface area contributed by atoms with E-state index in [1.165, 1.54) is 19.3 Å². The van der Waals surface area contributed by atoms with Crippen molar-refractivity contribution in [3.8, 4) is 0 Å². The van der Waals surface area contributed by atoms with Crippen LogP contribution in [0.5, 0.6) is 0 Å². The molecule has 4 nitrogen and oxygen atoms in total. The molecule has 122 valence electrons. The molecular formula is C17H32N2O2. The average molecular weight is 296 g/mol. The highest BCUT2D eigenvalue weighted by Crippen LogP contribution is 2.61. The van der Waals surface area contributed by atoms with E-state index in [0.717, 1.165) is 25.3 Å². The van der Waals surface area contributed by atoms with Crippen LogP contribution in [0.3, 0.4) is 0 Å². The summed E-state index contributed by atoms with van der Waals surface area (Å²) in [5, 5.41) is 6.59. The third-order valence-electron chi connectivity index (χ3n) is 4.83. The zero-order chi connectivity index (χ0) is 15.7. The Kier molecular flexibility index (Phi) is 4.86. The molecule has 2 rings (SSSR count). The van der Waals surface area contributed by atoms with Crippen LogP contribution in [0, 0.1) is 11.3 Å².